The summed E-state index contributed by atoms with van der Waals surface area (Å²) in [5.41, 5.74) is 0.807. The fourth-order valence-corrected chi connectivity index (χ4v) is 0.969. The molecule has 1 aromatic carbocycles. The van der Waals surface area contributed by atoms with Gasteiger partial charge in [0, 0.05) is 6.07 Å². The Morgan fingerprint density at radius 2 is 2.00 bits per heavy atom. The van der Waals surface area contributed by atoms with Crippen LogP contribution in [0.4, 0.5) is 4.39 Å². The lowest BCUT2D eigenvalue weighted by Gasteiger charge is -1.97. The van der Waals surface area contributed by atoms with Crippen LogP contribution in [0.2, 0.25) is 0 Å². The average molecular weight is 161 g/mol. The van der Waals surface area contributed by atoms with Crippen molar-refractivity contribution in [3.05, 3.63) is 48.5 Å². The van der Waals surface area contributed by atoms with Crippen LogP contribution in [0.3, 0.4) is 0 Å². The molecule has 0 saturated heterocycles. The van der Waals surface area contributed by atoms with E-state index >= 15 is 0 Å². The molecule has 1 radical (unpaired) electrons. The van der Waals surface area contributed by atoms with Gasteiger partial charge in [0.1, 0.15) is 0 Å². The van der Waals surface area contributed by atoms with Crippen molar-refractivity contribution < 1.29 is 4.39 Å². The number of para-hydroxylation sites is 1. The van der Waals surface area contributed by atoms with E-state index in [0.717, 1.165) is 5.69 Å². The SMILES string of the molecule is Fc1c[c]n(-c2ccccc2)n1. The Morgan fingerprint density at radius 1 is 1.25 bits per heavy atom. The molecule has 2 nitrogen and oxygen atoms in total. The first kappa shape index (κ1) is 7.03. The zero-order chi connectivity index (χ0) is 8.39. The van der Waals surface area contributed by atoms with Crippen molar-refractivity contribution in [2.45, 2.75) is 0 Å². The van der Waals surface area contributed by atoms with Crippen LogP contribution in [0.25, 0.3) is 5.69 Å². The maximum Gasteiger partial charge on any atom is 0.233 e. The zero-order valence-corrected chi connectivity index (χ0v) is 6.24. The second-order valence-electron chi connectivity index (χ2n) is 2.34. The van der Waals surface area contributed by atoms with Gasteiger partial charge in [-0.1, -0.05) is 18.2 Å². The Labute approximate surface area is 69.3 Å². The third-order valence-electron chi connectivity index (χ3n) is 1.50. The minimum Gasteiger partial charge on any atom is -0.229 e. The molecule has 0 aliphatic heterocycles. The van der Waals surface area contributed by atoms with Gasteiger partial charge in [0.15, 0.2) is 0 Å². The second kappa shape index (κ2) is 2.77. The summed E-state index contributed by atoms with van der Waals surface area (Å²) in [5, 5.41) is 3.58. The van der Waals surface area contributed by atoms with E-state index in [2.05, 4.69) is 11.3 Å². The molecule has 2 rings (SSSR count). The Kier molecular flexibility index (Phi) is 1.63. The van der Waals surface area contributed by atoms with Gasteiger partial charge in [-0.05, 0) is 12.1 Å². The van der Waals surface area contributed by atoms with Crippen LogP contribution in [-0.4, -0.2) is 9.78 Å². The first-order chi connectivity index (χ1) is 5.86. The minimum absolute atomic E-state index is 0.515. The second-order valence-corrected chi connectivity index (χ2v) is 2.34. The fraction of sp³-hybridized carbons (Fsp3) is 0. The third-order valence-corrected chi connectivity index (χ3v) is 1.50. The number of rotatable bonds is 1. The molecule has 0 aliphatic carbocycles. The van der Waals surface area contributed by atoms with Gasteiger partial charge < -0.3 is 0 Å². The van der Waals surface area contributed by atoms with Gasteiger partial charge >= 0.3 is 0 Å². The lowest BCUT2D eigenvalue weighted by Crippen LogP contribution is -1.94. The molecule has 0 saturated carbocycles. The number of aromatic nitrogens is 2. The maximum atomic E-state index is 12.4. The highest BCUT2D eigenvalue weighted by atomic mass is 19.1. The van der Waals surface area contributed by atoms with Crippen LogP contribution in [-0.2, 0) is 0 Å². The van der Waals surface area contributed by atoms with Gasteiger partial charge in [0.25, 0.3) is 0 Å². The number of benzene rings is 1. The largest absolute Gasteiger partial charge is 0.233 e. The standard InChI is InChI=1S/C9H6FN2/c10-9-6-7-12(11-9)8-4-2-1-3-5-8/h1-6H. The Hall–Kier alpha value is -1.64. The number of hydrogen-bond acceptors (Lipinski definition) is 1. The van der Waals surface area contributed by atoms with Crippen molar-refractivity contribution in [1.29, 1.82) is 0 Å². The van der Waals surface area contributed by atoms with E-state index in [1.54, 1.807) is 0 Å². The molecular weight excluding hydrogens is 155 g/mol. The predicted octanol–water partition coefficient (Wildman–Crippen LogP) is 1.81. The molecule has 0 aliphatic rings. The van der Waals surface area contributed by atoms with E-state index in [-0.39, 0.29) is 0 Å². The van der Waals surface area contributed by atoms with E-state index in [4.69, 9.17) is 0 Å². The van der Waals surface area contributed by atoms with E-state index in [9.17, 15) is 4.39 Å². The summed E-state index contributed by atoms with van der Waals surface area (Å²) >= 11 is 0. The van der Waals surface area contributed by atoms with Crippen molar-refractivity contribution in [3.63, 3.8) is 0 Å². The predicted molar refractivity (Wildman–Crippen MR) is 42.4 cm³/mol. The van der Waals surface area contributed by atoms with E-state index in [0.29, 0.717) is 0 Å². The summed E-state index contributed by atoms with van der Waals surface area (Å²) in [5.74, 6) is -0.515. The lowest BCUT2D eigenvalue weighted by molar-refractivity contribution is 0.566. The summed E-state index contributed by atoms with van der Waals surface area (Å²) in [4.78, 5) is 0. The molecule has 0 atom stereocenters. The molecule has 1 aromatic heterocycles. The molecule has 0 amide bonds. The molecule has 0 unspecified atom stereocenters. The highest BCUT2D eigenvalue weighted by Gasteiger charge is 1.98. The van der Waals surface area contributed by atoms with Gasteiger partial charge in [-0.3, -0.25) is 0 Å². The molecule has 12 heavy (non-hydrogen) atoms. The van der Waals surface area contributed by atoms with Crippen LogP contribution >= 0.6 is 0 Å². The maximum absolute atomic E-state index is 12.4. The van der Waals surface area contributed by atoms with Gasteiger partial charge in [-0.15, -0.1) is 5.10 Å². The zero-order valence-electron chi connectivity index (χ0n) is 6.24. The monoisotopic (exact) mass is 161 g/mol. The summed E-state index contributed by atoms with van der Waals surface area (Å²) < 4.78 is 13.8. The van der Waals surface area contributed by atoms with Crippen LogP contribution in [0, 0.1) is 12.1 Å². The van der Waals surface area contributed by atoms with Gasteiger partial charge in [0.05, 0.1) is 11.9 Å². The highest BCUT2D eigenvalue weighted by molar-refractivity contribution is 5.29. The summed E-state index contributed by atoms with van der Waals surface area (Å²) in [7, 11) is 0. The van der Waals surface area contributed by atoms with Gasteiger partial charge in [-0.2, -0.15) is 4.39 Å². The summed E-state index contributed by atoms with van der Waals surface area (Å²) in [6, 6.07) is 10.5. The average Bonchev–Trinajstić information content (AvgIpc) is 2.54. The minimum atomic E-state index is -0.515. The van der Waals surface area contributed by atoms with Crippen molar-refractivity contribution in [2.75, 3.05) is 0 Å². The van der Waals surface area contributed by atoms with Crippen LogP contribution in [0.5, 0.6) is 0 Å². The van der Waals surface area contributed by atoms with Crippen LogP contribution < -0.4 is 0 Å². The van der Waals surface area contributed by atoms with Crippen molar-refractivity contribution in [3.8, 4) is 5.69 Å². The molecule has 0 N–H and O–H groups in total. The first-order valence-electron chi connectivity index (χ1n) is 3.55. The smallest absolute Gasteiger partial charge is 0.229 e. The fourth-order valence-electron chi connectivity index (χ4n) is 0.969. The topological polar surface area (TPSA) is 17.8 Å². The van der Waals surface area contributed by atoms with Gasteiger partial charge in [-0.25, -0.2) is 4.68 Å². The Morgan fingerprint density at radius 3 is 2.58 bits per heavy atom. The highest BCUT2D eigenvalue weighted by Crippen LogP contribution is 2.04. The molecule has 0 fully saturated rings. The molecule has 0 spiro atoms. The molecule has 2 aromatic rings. The molecular formula is C9H6FN2. The number of hydrogen-bond donors (Lipinski definition) is 0. The van der Waals surface area contributed by atoms with Gasteiger partial charge in [0.2, 0.25) is 5.95 Å². The number of nitrogens with zero attached hydrogens (tertiary/aromatic N) is 2. The number of halogens is 1. The molecule has 3 heteroatoms. The van der Waals surface area contributed by atoms with Crippen LogP contribution in [0.1, 0.15) is 0 Å². The Bertz CT molecular complexity index is 367. The van der Waals surface area contributed by atoms with E-state index in [1.807, 2.05) is 30.3 Å². The van der Waals surface area contributed by atoms with E-state index in [1.165, 1.54) is 10.7 Å². The quantitative estimate of drug-likeness (QED) is 0.623. The normalized spacial score (nSPS) is 10.1. The van der Waals surface area contributed by atoms with Crippen LogP contribution in [0.15, 0.2) is 36.4 Å². The molecule has 0 bridgehead atoms. The van der Waals surface area contributed by atoms with Crippen molar-refractivity contribution in [2.24, 2.45) is 0 Å². The van der Waals surface area contributed by atoms with Crippen molar-refractivity contribution >= 4 is 0 Å². The molecule has 1 heterocycles. The third kappa shape index (κ3) is 1.21. The lowest BCUT2D eigenvalue weighted by atomic mass is 10.3. The van der Waals surface area contributed by atoms with Crippen molar-refractivity contribution in [1.82, 2.24) is 9.78 Å². The summed E-state index contributed by atoms with van der Waals surface area (Å²) in [6.07, 6.45) is 2.65. The Balaban J connectivity index is 2.45. The molecule has 59 valence electrons. The first-order valence-corrected chi connectivity index (χ1v) is 3.55. The van der Waals surface area contributed by atoms with E-state index < -0.39 is 5.95 Å². The summed E-state index contributed by atoms with van der Waals surface area (Å²) in [6.45, 7) is 0.